The minimum atomic E-state index is -0.510. The van der Waals surface area contributed by atoms with Crippen molar-refractivity contribution in [2.24, 2.45) is 5.73 Å². The van der Waals surface area contributed by atoms with Crippen LogP contribution in [0.2, 0.25) is 0 Å². The first-order chi connectivity index (χ1) is 8.00. The van der Waals surface area contributed by atoms with E-state index in [1.165, 1.54) is 4.90 Å². The maximum absolute atomic E-state index is 11.9. The first-order valence-electron chi connectivity index (χ1n) is 5.97. The maximum Gasteiger partial charge on any atom is 0.410 e. The number of hydrogen-bond acceptors (Lipinski definition) is 4. The molecule has 0 bridgehead atoms. The molecule has 0 spiro atoms. The van der Waals surface area contributed by atoms with E-state index in [-0.39, 0.29) is 18.7 Å². The lowest BCUT2D eigenvalue weighted by Gasteiger charge is -2.33. The summed E-state index contributed by atoms with van der Waals surface area (Å²) < 4.78 is 5.13. The van der Waals surface area contributed by atoms with Gasteiger partial charge in [-0.1, -0.05) is 0 Å². The Morgan fingerprint density at radius 2 is 2.00 bits per heavy atom. The van der Waals surface area contributed by atoms with Crippen molar-refractivity contribution in [3.63, 3.8) is 0 Å². The zero-order valence-electron chi connectivity index (χ0n) is 10.4. The number of hydrogen-bond donors (Lipinski definition) is 2. The second-order valence-corrected chi connectivity index (χ2v) is 4.51. The summed E-state index contributed by atoms with van der Waals surface area (Å²) >= 11 is 0. The molecular formula is C11H21N3O3. The van der Waals surface area contributed by atoms with Crippen molar-refractivity contribution in [1.29, 1.82) is 0 Å². The number of piperidine rings is 1. The molecule has 98 valence electrons. The standard InChI is InChI=1S/C11H21N3O3/c1-8(2)17-11(16)14(7-10(12)15)9-3-5-13-6-4-9/h8-9,13H,3-7H2,1-2H3,(H2,12,15). The molecule has 0 atom stereocenters. The molecule has 1 rings (SSSR count). The largest absolute Gasteiger partial charge is 0.447 e. The molecule has 3 N–H and O–H groups in total. The summed E-state index contributed by atoms with van der Waals surface area (Å²) in [6.07, 6.45) is 0.992. The third-order valence-electron chi connectivity index (χ3n) is 2.65. The van der Waals surface area contributed by atoms with Crippen LogP contribution >= 0.6 is 0 Å². The van der Waals surface area contributed by atoms with Gasteiger partial charge in [-0.2, -0.15) is 0 Å². The summed E-state index contributed by atoms with van der Waals surface area (Å²) in [4.78, 5) is 24.3. The molecular weight excluding hydrogens is 222 g/mol. The summed E-state index contributed by atoms with van der Waals surface area (Å²) in [5.41, 5.74) is 5.16. The van der Waals surface area contributed by atoms with Crippen molar-refractivity contribution in [2.45, 2.75) is 38.8 Å². The van der Waals surface area contributed by atoms with Crippen LogP contribution < -0.4 is 11.1 Å². The van der Waals surface area contributed by atoms with Gasteiger partial charge in [0, 0.05) is 6.04 Å². The molecule has 1 saturated heterocycles. The number of carbonyl (C=O) groups excluding carboxylic acids is 2. The van der Waals surface area contributed by atoms with Crippen molar-refractivity contribution in [3.05, 3.63) is 0 Å². The van der Waals surface area contributed by atoms with Crippen LogP contribution in [0.15, 0.2) is 0 Å². The van der Waals surface area contributed by atoms with Gasteiger partial charge in [-0.15, -0.1) is 0 Å². The molecule has 1 aliphatic heterocycles. The minimum Gasteiger partial charge on any atom is -0.447 e. The Bertz CT molecular complexity index is 275. The van der Waals surface area contributed by atoms with E-state index in [1.807, 2.05) is 0 Å². The SMILES string of the molecule is CC(C)OC(=O)N(CC(N)=O)C1CCNCC1. The van der Waals surface area contributed by atoms with Crippen LogP contribution in [0, 0.1) is 0 Å². The average Bonchev–Trinajstić information content (AvgIpc) is 2.25. The first kappa shape index (κ1) is 13.8. The van der Waals surface area contributed by atoms with E-state index in [0.717, 1.165) is 25.9 Å². The van der Waals surface area contributed by atoms with Gasteiger partial charge in [0.2, 0.25) is 5.91 Å². The highest BCUT2D eigenvalue weighted by molar-refractivity contribution is 5.81. The molecule has 1 aliphatic rings. The van der Waals surface area contributed by atoms with Crippen molar-refractivity contribution < 1.29 is 14.3 Å². The van der Waals surface area contributed by atoms with E-state index in [9.17, 15) is 9.59 Å². The Balaban J connectivity index is 2.64. The monoisotopic (exact) mass is 243 g/mol. The fraction of sp³-hybridized carbons (Fsp3) is 0.818. The molecule has 0 saturated carbocycles. The van der Waals surface area contributed by atoms with E-state index < -0.39 is 12.0 Å². The predicted octanol–water partition coefficient (Wildman–Crippen LogP) is 0.0707. The van der Waals surface area contributed by atoms with Gasteiger partial charge < -0.3 is 15.8 Å². The van der Waals surface area contributed by atoms with Crippen LogP contribution in [0.4, 0.5) is 4.79 Å². The Morgan fingerprint density at radius 3 is 2.47 bits per heavy atom. The molecule has 0 unspecified atom stereocenters. The fourth-order valence-corrected chi connectivity index (χ4v) is 1.90. The van der Waals surface area contributed by atoms with Crippen LogP contribution in [0.5, 0.6) is 0 Å². The van der Waals surface area contributed by atoms with Gasteiger partial charge in [-0.25, -0.2) is 4.79 Å². The normalized spacial score (nSPS) is 16.9. The summed E-state index contributed by atoms with van der Waals surface area (Å²) in [5, 5.41) is 3.21. The zero-order chi connectivity index (χ0) is 12.8. The van der Waals surface area contributed by atoms with Crippen LogP contribution in [0.25, 0.3) is 0 Å². The van der Waals surface area contributed by atoms with Crippen LogP contribution in [0.3, 0.4) is 0 Å². The van der Waals surface area contributed by atoms with Crippen LogP contribution in [0.1, 0.15) is 26.7 Å². The molecule has 2 amide bonds. The van der Waals surface area contributed by atoms with E-state index in [4.69, 9.17) is 10.5 Å². The Morgan fingerprint density at radius 1 is 1.41 bits per heavy atom. The molecule has 0 aliphatic carbocycles. The molecule has 6 heteroatoms. The zero-order valence-corrected chi connectivity index (χ0v) is 10.4. The van der Waals surface area contributed by atoms with Gasteiger partial charge in [0.05, 0.1) is 6.10 Å². The number of amides is 2. The Kier molecular flexibility index (Phi) is 5.21. The second kappa shape index (κ2) is 6.44. The topological polar surface area (TPSA) is 84.7 Å². The van der Waals surface area contributed by atoms with Gasteiger partial charge in [0.1, 0.15) is 6.54 Å². The lowest BCUT2D eigenvalue weighted by Crippen LogP contribution is -2.49. The van der Waals surface area contributed by atoms with Gasteiger partial charge in [0.15, 0.2) is 0 Å². The number of ether oxygens (including phenoxy) is 1. The summed E-state index contributed by atoms with van der Waals surface area (Å²) in [7, 11) is 0. The quantitative estimate of drug-likeness (QED) is 0.732. The lowest BCUT2D eigenvalue weighted by molar-refractivity contribution is -0.119. The molecule has 1 heterocycles. The average molecular weight is 243 g/mol. The summed E-state index contributed by atoms with van der Waals surface area (Å²) in [6.45, 7) is 5.17. The summed E-state index contributed by atoms with van der Waals surface area (Å²) in [6, 6.07) is 0.0370. The number of nitrogens with two attached hydrogens (primary N) is 1. The maximum atomic E-state index is 11.9. The number of primary amides is 1. The highest BCUT2D eigenvalue weighted by atomic mass is 16.6. The highest BCUT2D eigenvalue weighted by Crippen LogP contribution is 2.13. The lowest BCUT2D eigenvalue weighted by atomic mass is 10.1. The number of rotatable bonds is 4. The van der Waals surface area contributed by atoms with Crippen molar-refractivity contribution >= 4 is 12.0 Å². The number of nitrogens with one attached hydrogen (secondary N) is 1. The smallest absolute Gasteiger partial charge is 0.410 e. The van der Waals surface area contributed by atoms with E-state index in [2.05, 4.69) is 5.32 Å². The van der Waals surface area contributed by atoms with E-state index >= 15 is 0 Å². The van der Waals surface area contributed by atoms with Gasteiger partial charge >= 0.3 is 6.09 Å². The van der Waals surface area contributed by atoms with Crippen LogP contribution in [-0.2, 0) is 9.53 Å². The first-order valence-corrected chi connectivity index (χ1v) is 5.97. The second-order valence-electron chi connectivity index (χ2n) is 4.51. The molecule has 6 nitrogen and oxygen atoms in total. The van der Waals surface area contributed by atoms with Crippen LogP contribution in [-0.4, -0.2) is 48.7 Å². The molecule has 0 aromatic heterocycles. The van der Waals surface area contributed by atoms with E-state index in [1.54, 1.807) is 13.8 Å². The molecule has 17 heavy (non-hydrogen) atoms. The van der Waals surface area contributed by atoms with E-state index in [0.29, 0.717) is 0 Å². The Labute approximate surface area is 101 Å². The third kappa shape index (κ3) is 4.60. The predicted molar refractivity (Wildman–Crippen MR) is 63.4 cm³/mol. The molecule has 0 radical (unpaired) electrons. The fourth-order valence-electron chi connectivity index (χ4n) is 1.90. The third-order valence-corrected chi connectivity index (χ3v) is 2.65. The van der Waals surface area contributed by atoms with Gasteiger partial charge in [-0.3, -0.25) is 9.69 Å². The molecule has 1 fully saturated rings. The van der Waals surface area contributed by atoms with Crippen molar-refractivity contribution in [2.75, 3.05) is 19.6 Å². The minimum absolute atomic E-state index is 0.0370. The molecule has 0 aromatic carbocycles. The van der Waals surface area contributed by atoms with Gasteiger partial charge in [-0.05, 0) is 39.8 Å². The summed E-state index contributed by atoms with van der Waals surface area (Å²) in [5.74, 6) is -0.510. The number of nitrogens with zero attached hydrogens (tertiary/aromatic N) is 1. The Hall–Kier alpha value is -1.30. The number of carbonyl (C=O) groups is 2. The van der Waals surface area contributed by atoms with Crippen molar-refractivity contribution in [3.8, 4) is 0 Å². The van der Waals surface area contributed by atoms with Crippen molar-refractivity contribution in [1.82, 2.24) is 10.2 Å². The van der Waals surface area contributed by atoms with Gasteiger partial charge in [0.25, 0.3) is 0 Å². The molecule has 0 aromatic rings. The highest BCUT2D eigenvalue weighted by Gasteiger charge is 2.28.